The number of para-hydroxylation sites is 1. The van der Waals surface area contributed by atoms with Crippen LogP contribution in [-0.4, -0.2) is 20.7 Å². The van der Waals surface area contributed by atoms with Crippen LogP contribution in [0.1, 0.15) is 23.4 Å². The zero-order valence-electron chi connectivity index (χ0n) is 17.5. The van der Waals surface area contributed by atoms with E-state index in [9.17, 15) is 4.79 Å². The molecule has 0 fully saturated rings. The Balaban J connectivity index is 1.62. The molecule has 4 aromatic rings. The van der Waals surface area contributed by atoms with Gasteiger partial charge in [0.2, 0.25) is 5.95 Å². The second-order valence-corrected chi connectivity index (χ2v) is 8.89. The molecule has 0 aliphatic carbocycles. The average Bonchev–Trinajstić information content (AvgIpc) is 3.39. The van der Waals surface area contributed by atoms with Crippen LogP contribution in [0.5, 0.6) is 0 Å². The van der Waals surface area contributed by atoms with Gasteiger partial charge in [-0.25, -0.2) is 4.68 Å². The number of amides is 1. The molecule has 0 saturated heterocycles. The maximum Gasteiger partial charge on any atom is 0.255 e. The highest BCUT2D eigenvalue weighted by Gasteiger charge is 2.36. The van der Waals surface area contributed by atoms with E-state index < -0.39 is 6.04 Å². The third kappa shape index (κ3) is 3.59. The van der Waals surface area contributed by atoms with Crippen molar-refractivity contribution in [3.05, 3.63) is 92.8 Å². The molecule has 8 heteroatoms. The number of hydrogen-bond donors (Lipinski definition) is 2. The summed E-state index contributed by atoms with van der Waals surface area (Å²) in [6.07, 6.45) is 0. The van der Waals surface area contributed by atoms with Crippen LogP contribution in [0.4, 0.5) is 11.6 Å². The quantitative estimate of drug-likeness (QED) is 0.397. The van der Waals surface area contributed by atoms with Crippen molar-refractivity contribution in [3.8, 4) is 11.4 Å². The minimum atomic E-state index is -0.404. The van der Waals surface area contributed by atoms with Crippen LogP contribution in [0.3, 0.4) is 0 Å². The van der Waals surface area contributed by atoms with E-state index in [1.165, 1.54) is 0 Å². The SMILES string of the molecule is CC1=C(C(=O)Nc2ccccc2)C(c2sccc2C)n2nc(-c3ccccc3Cl)nc2N1. The molecule has 5 rings (SSSR count). The van der Waals surface area contributed by atoms with Crippen molar-refractivity contribution < 1.29 is 4.79 Å². The van der Waals surface area contributed by atoms with Gasteiger partial charge in [-0.05, 0) is 55.1 Å². The maximum atomic E-state index is 13.4. The van der Waals surface area contributed by atoms with E-state index in [0.717, 1.165) is 27.4 Å². The number of nitrogens with one attached hydrogen (secondary N) is 2. The number of fused-ring (bicyclic) bond motifs is 1. The summed E-state index contributed by atoms with van der Waals surface area (Å²) in [6, 6.07) is 18.5. The molecule has 1 aliphatic heterocycles. The summed E-state index contributed by atoms with van der Waals surface area (Å²) < 4.78 is 1.78. The molecule has 32 heavy (non-hydrogen) atoms. The average molecular weight is 462 g/mol. The fourth-order valence-corrected chi connectivity index (χ4v) is 5.07. The topological polar surface area (TPSA) is 71.8 Å². The Labute approximate surface area is 194 Å². The number of thiophene rings is 1. The van der Waals surface area contributed by atoms with Crippen LogP contribution >= 0.6 is 22.9 Å². The molecule has 2 N–H and O–H groups in total. The lowest BCUT2D eigenvalue weighted by molar-refractivity contribution is -0.113. The van der Waals surface area contributed by atoms with Crippen molar-refractivity contribution in [2.24, 2.45) is 0 Å². The Bertz CT molecular complexity index is 1340. The molecule has 2 aromatic carbocycles. The van der Waals surface area contributed by atoms with Crippen LogP contribution in [0, 0.1) is 6.92 Å². The Morgan fingerprint density at radius 3 is 2.56 bits per heavy atom. The second-order valence-electron chi connectivity index (χ2n) is 7.54. The number of hydrogen-bond acceptors (Lipinski definition) is 5. The molecular formula is C24H20ClN5OS. The van der Waals surface area contributed by atoms with Gasteiger partial charge in [-0.1, -0.05) is 41.9 Å². The number of aryl methyl sites for hydroxylation is 1. The van der Waals surface area contributed by atoms with Crippen molar-refractivity contribution in [3.63, 3.8) is 0 Å². The first kappa shape index (κ1) is 20.5. The minimum absolute atomic E-state index is 0.181. The number of carbonyl (C=O) groups excluding carboxylic acids is 1. The summed E-state index contributed by atoms with van der Waals surface area (Å²) in [5.41, 5.74) is 3.91. The van der Waals surface area contributed by atoms with Crippen molar-refractivity contribution >= 4 is 40.5 Å². The largest absolute Gasteiger partial charge is 0.328 e. The summed E-state index contributed by atoms with van der Waals surface area (Å²) in [5.74, 6) is 0.903. The maximum absolute atomic E-state index is 13.4. The first-order valence-electron chi connectivity index (χ1n) is 10.1. The molecule has 3 heterocycles. The Morgan fingerprint density at radius 1 is 1.09 bits per heavy atom. The first-order chi connectivity index (χ1) is 15.5. The predicted octanol–water partition coefficient (Wildman–Crippen LogP) is 5.90. The Morgan fingerprint density at radius 2 is 1.84 bits per heavy atom. The van der Waals surface area contributed by atoms with Crippen LogP contribution in [0.15, 0.2) is 77.3 Å². The van der Waals surface area contributed by atoms with Crippen LogP contribution in [0.25, 0.3) is 11.4 Å². The van der Waals surface area contributed by atoms with E-state index in [4.69, 9.17) is 21.7 Å². The van der Waals surface area contributed by atoms with Gasteiger partial charge in [0.05, 0.1) is 10.6 Å². The molecular weight excluding hydrogens is 442 g/mol. The highest BCUT2D eigenvalue weighted by Crippen LogP contribution is 2.40. The monoisotopic (exact) mass is 461 g/mol. The summed E-state index contributed by atoms with van der Waals surface area (Å²) in [4.78, 5) is 19.2. The van der Waals surface area contributed by atoms with Gasteiger partial charge in [-0.15, -0.1) is 16.4 Å². The van der Waals surface area contributed by atoms with Gasteiger partial charge in [0.1, 0.15) is 6.04 Å². The van der Waals surface area contributed by atoms with E-state index in [1.807, 2.05) is 73.8 Å². The van der Waals surface area contributed by atoms with Gasteiger partial charge >= 0.3 is 0 Å². The minimum Gasteiger partial charge on any atom is -0.328 e. The number of nitrogens with zero attached hydrogens (tertiary/aromatic N) is 3. The molecule has 1 unspecified atom stereocenters. The summed E-state index contributed by atoms with van der Waals surface area (Å²) >= 11 is 8.00. The highest BCUT2D eigenvalue weighted by atomic mass is 35.5. The zero-order valence-corrected chi connectivity index (χ0v) is 19.0. The van der Waals surface area contributed by atoms with Crippen molar-refractivity contribution in [2.75, 3.05) is 10.6 Å². The lowest BCUT2D eigenvalue weighted by atomic mass is 9.99. The van der Waals surface area contributed by atoms with E-state index in [-0.39, 0.29) is 5.91 Å². The standard InChI is InChI=1S/C24H20ClN5OS/c1-14-12-13-32-21(14)20-19(23(31)27-16-8-4-3-5-9-16)15(2)26-24-28-22(29-30(20)24)17-10-6-7-11-18(17)25/h3-13,20H,1-2H3,(H,27,31)(H,26,28,29). The molecule has 0 saturated carbocycles. The lowest BCUT2D eigenvalue weighted by Gasteiger charge is -2.28. The van der Waals surface area contributed by atoms with Crippen LogP contribution in [0.2, 0.25) is 5.02 Å². The molecule has 6 nitrogen and oxygen atoms in total. The third-order valence-electron chi connectivity index (χ3n) is 5.39. The van der Waals surface area contributed by atoms with Crippen molar-refractivity contribution in [1.29, 1.82) is 0 Å². The van der Waals surface area contributed by atoms with Crippen molar-refractivity contribution in [1.82, 2.24) is 14.8 Å². The summed E-state index contributed by atoms with van der Waals surface area (Å²) in [6.45, 7) is 3.94. The Kier molecular flexibility index (Phi) is 5.28. The highest BCUT2D eigenvalue weighted by molar-refractivity contribution is 7.10. The van der Waals surface area contributed by atoms with Crippen LogP contribution in [-0.2, 0) is 4.79 Å². The number of benzene rings is 2. The van der Waals surface area contributed by atoms with Gasteiger partial charge in [0.25, 0.3) is 5.91 Å². The molecule has 0 radical (unpaired) electrons. The fourth-order valence-electron chi connectivity index (χ4n) is 3.83. The first-order valence-corrected chi connectivity index (χ1v) is 11.4. The van der Waals surface area contributed by atoms with Gasteiger partial charge in [-0.3, -0.25) is 4.79 Å². The molecule has 1 amide bonds. The van der Waals surface area contributed by atoms with Gasteiger partial charge in [0, 0.05) is 21.8 Å². The zero-order chi connectivity index (χ0) is 22.2. The van der Waals surface area contributed by atoms with Crippen LogP contribution < -0.4 is 10.6 Å². The van der Waals surface area contributed by atoms with E-state index in [0.29, 0.717) is 22.4 Å². The lowest BCUT2D eigenvalue weighted by Crippen LogP contribution is -2.31. The third-order valence-corrected chi connectivity index (χ3v) is 6.79. The molecule has 160 valence electrons. The molecule has 1 atom stereocenters. The van der Waals surface area contributed by atoms with Gasteiger partial charge < -0.3 is 10.6 Å². The number of carbonyl (C=O) groups is 1. The number of aromatic nitrogens is 3. The Hall–Kier alpha value is -3.42. The number of rotatable bonds is 4. The molecule has 1 aliphatic rings. The second kappa shape index (κ2) is 8.26. The normalized spacial score (nSPS) is 15.3. The van der Waals surface area contributed by atoms with Crippen molar-refractivity contribution in [2.45, 2.75) is 19.9 Å². The molecule has 2 aromatic heterocycles. The molecule has 0 bridgehead atoms. The smallest absolute Gasteiger partial charge is 0.255 e. The van der Waals surface area contributed by atoms with Gasteiger partial charge in [-0.2, -0.15) is 4.98 Å². The summed E-state index contributed by atoms with van der Waals surface area (Å²) in [7, 11) is 0. The van der Waals surface area contributed by atoms with E-state index in [2.05, 4.69) is 16.7 Å². The van der Waals surface area contributed by atoms with E-state index >= 15 is 0 Å². The van der Waals surface area contributed by atoms with Gasteiger partial charge in [0.15, 0.2) is 5.82 Å². The summed E-state index contributed by atoms with van der Waals surface area (Å²) in [5, 5.41) is 13.7. The number of halogens is 1. The number of anilines is 2. The molecule has 0 spiro atoms. The number of allylic oxidation sites excluding steroid dienone is 1. The van der Waals surface area contributed by atoms with E-state index in [1.54, 1.807) is 16.0 Å². The predicted molar refractivity (Wildman–Crippen MR) is 129 cm³/mol. The fraction of sp³-hybridized carbons (Fsp3) is 0.125.